The molecule has 0 saturated carbocycles. The summed E-state index contributed by atoms with van der Waals surface area (Å²) in [6.45, 7) is 0.270. The third-order valence-electron chi connectivity index (χ3n) is 4.19. The molecule has 10 heteroatoms. The van der Waals surface area contributed by atoms with Crippen LogP contribution in [0.4, 0.5) is 0 Å². The molecule has 6 nitrogen and oxygen atoms in total. The second-order valence-electron chi connectivity index (χ2n) is 6.64. The molecule has 0 aliphatic rings. The fourth-order valence-corrected chi connectivity index (χ4v) is 4.85. The number of amides is 1. The molecule has 0 atom stereocenters. The smallest absolute Gasteiger partial charge is 0.335 e. The zero-order valence-corrected chi connectivity index (χ0v) is 21.7. The number of aromatic carboxylic acids is 1. The van der Waals surface area contributed by atoms with Gasteiger partial charge in [0.15, 0.2) is 0 Å². The maximum atomic E-state index is 12.0. The first-order chi connectivity index (χ1) is 15.8. The van der Waals surface area contributed by atoms with Crippen molar-refractivity contribution in [3.8, 4) is 5.75 Å². The maximum Gasteiger partial charge on any atom is 0.335 e. The Bertz CT molecular complexity index is 1150. The average molecular weight is 613 g/mol. The van der Waals surface area contributed by atoms with Gasteiger partial charge in [0.05, 0.1) is 26.5 Å². The lowest BCUT2D eigenvalue weighted by molar-refractivity contribution is -0.118. The van der Waals surface area contributed by atoms with Crippen molar-refractivity contribution in [2.24, 2.45) is 5.10 Å². The van der Waals surface area contributed by atoms with Crippen molar-refractivity contribution in [1.82, 2.24) is 5.43 Å². The average Bonchev–Trinajstić information content (AvgIpc) is 2.78. The number of carbonyl (C=O) groups excluding carboxylic acids is 1. The van der Waals surface area contributed by atoms with Gasteiger partial charge in [-0.1, -0.05) is 23.7 Å². The quantitative estimate of drug-likeness (QED) is 0.166. The fourth-order valence-electron chi connectivity index (χ4n) is 2.58. The number of hydrazone groups is 1. The molecule has 0 spiro atoms. The van der Waals surface area contributed by atoms with E-state index in [1.165, 1.54) is 30.1 Å². The van der Waals surface area contributed by atoms with Gasteiger partial charge in [0.2, 0.25) is 5.91 Å². The molecule has 0 saturated heterocycles. The van der Waals surface area contributed by atoms with Gasteiger partial charge < -0.3 is 9.84 Å². The summed E-state index contributed by atoms with van der Waals surface area (Å²) in [7, 11) is 0. The number of carboxylic acid groups (broad SMARTS) is 1. The molecule has 0 bridgehead atoms. The van der Waals surface area contributed by atoms with Crippen LogP contribution in [-0.2, 0) is 11.4 Å². The molecule has 170 valence electrons. The zero-order chi connectivity index (χ0) is 23.8. The van der Waals surface area contributed by atoms with E-state index in [2.05, 4.69) is 42.4 Å². The number of benzene rings is 3. The Hall–Kier alpha value is -2.33. The molecule has 0 unspecified atom stereocenters. The van der Waals surface area contributed by atoms with Crippen LogP contribution in [0, 0.1) is 0 Å². The second kappa shape index (κ2) is 12.2. The minimum absolute atomic E-state index is 0.223. The Morgan fingerprint density at radius 2 is 1.70 bits per heavy atom. The lowest BCUT2D eigenvalue weighted by Gasteiger charge is -2.11. The predicted molar refractivity (Wildman–Crippen MR) is 137 cm³/mol. The van der Waals surface area contributed by atoms with E-state index in [9.17, 15) is 9.59 Å². The van der Waals surface area contributed by atoms with Crippen molar-refractivity contribution in [1.29, 1.82) is 0 Å². The van der Waals surface area contributed by atoms with Gasteiger partial charge in [-0.05, 0) is 91.5 Å². The van der Waals surface area contributed by atoms with Crippen LogP contribution in [-0.4, -0.2) is 29.0 Å². The highest BCUT2D eigenvalue weighted by molar-refractivity contribution is 9.11. The number of hydrogen-bond acceptors (Lipinski definition) is 5. The number of thioether (sulfide) groups is 1. The monoisotopic (exact) mass is 610 g/mol. The minimum Gasteiger partial charge on any atom is -0.487 e. The highest BCUT2D eigenvalue weighted by Crippen LogP contribution is 2.35. The Morgan fingerprint density at radius 1 is 1.06 bits per heavy atom. The van der Waals surface area contributed by atoms with Crippen molar-refractivity contribution in [2.75, 3.05) is 5.75 Å². The summed E-state index contributed by atoms with van der Waals surface area (Å²) in [6.07, 6.45) is 1.54. The molecule has 0 aliphatic heterocycles. The summed E-state index contributed by atoms with van der Waals surface area (Å²) < 4.78 is 7.26. The van der Waals surface area contributed by atoms with Gasteiger partial charge in [-0.2, -0.15) is 5.10 Å². The Kier molecular flexibility index (Phi) is 9.37. The third-order valence-corrected chi connectivity index (χ3v) is 6.63. The van der Waals surface area contributed by atoms with Gasteiger partial charge in [0.25, 0.3) is 0 Å². The number of nitrogens with zero attached hydrogens (tertiary/aromatic N) is 1. The van der Waals surface area contributed by atoms with E-state index in [0.29, 0.717) is 19.7 Å². The van der Waals surface area contributed by atoms with Crippen LogP contribution in [0.25, 0.3) is 0 Å². The van der Waals surface area contributed by atoms with E-state index in [0.717, 1.165) is 16.0 Å². The van der Waals surface area contributed by atoms with Crippen LogP contribution in [0.5, 0.6) is 5.75 Å². The van der Waals surface area contributed by atoms with Crippen molar-refractivity contribution < 1.29 is 19.4 Å². The molecule has 0 aliphatic carbocycles. The highest BCUT2D eigenvalue weighted by atomic mass is 79.9. The summed E-state index contributed by atoms with van der Waals surface area (Å²) in [5.41, 5.74) is 4.31. The Balaban J connectivity index is 1.53. The normalized spacial score (nSPS) is 10.9. The van der Waals surface area contributed by atoms with Gasteiger partial charge in [0.1, 0.15) is 12.4 Å². The van der Waals surface area contributed by atoms with Crippen molar-refractivity contribution in [2.45, 2.75) is 11.5 Å². The predicted octanol–water partition coefficient (Wildman–Crippen LogP) is 6.38. The molecule has 2 N–H and O–H groups in total. The van der Waals surface area contributed by atoms with Gasteiger partial charge in [-0.25, -0.2) is 10.2 Å². The topological polar surface area (TPSA) is 88.0 Å². The molecule has 1 amide bonds. The first-order valence-electron chi connectivity index (χ1n) is 9.46. The van der Waals surface area contributed by atoms with Gasteiger partial charge >= 0.3 is 5.97 Å². The molecule has 0 aromatic heterocycles. The van der Waals surface area contributed by atoms with E-state index < -0.39 is 5.97 Å². The molecule has 0 heterocycles. The number of rotatable bonds is 9. The number of carboxylic acids is 1. The van der Waals surface area contributed by atoms with Crippen molar-refractivity contribution in [3.05, 3.63) is 91.3 Å². The van der Waals surface area contributed by atoms with E-state index >= 15 is 0 Å². The summed E-state index contributed by atoms with van der Waals surface area (Å²) in [5, 5.41) is 13.6. The van der Waals surface area contributed by atoms with Crippen LogP contribution in [0.2, 0.25) is 5.02 Å². The standard InChI is InChI=1S/C23H17Br2ClN2O4S/c24-19-9-15(11-27-28-21(29)13-33-18-7-5-17(26)6-8-18)10-20(25)22(19)32-12-14-1-3-16(4-2-14)23(30)31/h1-11H,12-13H2,(H,28,29)(H,30,31)/b27-11-. The van der Waals surface area contributed by atoms with Crippen LogP contribution in [0.1, 0.15) is 21.5 Å². The highest BCUT2D eigenvalue weighted by Gasteiger charge is 2.10. The van der Waals surface area contributed by atoms with Crippen molar-refractivity contribution >= 4 is 73.3 Å². The van der Waals surface area contributed by atoms with E-state index in [-0.39, 0.29) is 23.8 Å². The lowest BCUT2D eigenvalue weighted by atomic mass is 10.1. The van der Waals surface area contributed by atoms with E-state index in [1.54, 1.807) is 24.3 Å². The van der Waals surface area contributed by atoms with Crippen molar-refractivity contribution in [3.63, 3.8) is 0 Å². The van der Waals surface area contributed by atoms with Gasteiger partial charge in [-0.3, -0.25) is 4.79 Å². The first-order valence-corrected chi connectivity index (χ1v) is 12.4. The lowest BCUT2D eigenvalue weighted by Crippen LogP contribution is -2.19. The van der Waals surface area contributed by atoms with Crippen LogP contribution in [0.3, 0.4) is 0 Å². The molecule has 3 aromatic rings. The minimum atomic E-state index is -0.971. The van der Waals surface area contributed by atoms with Crippen LogP contribution < -0.4 is 10.2 Å². The number of halogens is 3. The molecule has 0 fully saturated rings. The molecule has 0 radical (unpaired) electrons. The van der Waals surface area contributed by atoms with Crippen LogP contribution >= 0.6 is 55.2 Å². The second-order valence-corrected chi connectivity index (χ2v) is 9.83. The zero-order valence-electron chi connectivity index (χ0n) is 16.9. The van der Waals surface area contributed by atoms with E-state index in [4.69, 9.17) is 21.4 Å². The number of hydrogen-bond donors (Lipinski definition) is 2. The molecule has 3 aromatic carbocycles. The Labute approximate surface area is 216 Å². The summed E-state index contributed by atoms with van der Waals surface area (Å²) >= 11 is 14.2. The largest absolute Gasteiger partial charge is 0.487 e. The first kappa shape index (κ1) is 25.3. The molecule has 3 rings (SSSR count). The molecule has 33 heavy (non-hydrogen) atoms. The maximum absolute atomic E-state index is 12.0. The SMILES string of the molecule is O=C(CSc1ccc(Cl)cc1)N/N=C\c1cc(Br)c(OCc2ccc(C(=O)O)cc2)c(Br)c1. The molecular weight excluding hydrogens is 596 g/mol. The fraction of sp³-hybridized carbons (Fsp3) is 0.0870. The van der Waals surface area contributed by atoms with E-state index in [1.807, 2.05) is 24.3 Å². The number of ether oxygens (including phenoxy) is 1. The Morgan fingerprint density at radius 3 is 2.30 bits per heavy atom. The third kappa shape index (κ3) is 7.89. The number of carbonyl (C=O) groups is 2. The summed E-state index contributed by atoms with van der Waals surface area (Å²) in [4.78, 5) is 23.9. The summed E-state index contributed by atoms with van der Waals surface area (Å²) in [5.74, 6) is -0.371. The molecular formula is C23H17Br2ClN2O4S. The van der Waals surface area contributed by atoms with Gasteiger partial charge in [-0.15, -0.1) is 11.8 Å². The summed E-state index contributed by atoms with van der Waals surface area (Å²) in [6, 6.07) is 17.4. The van der Waals surface area contributed by atoms with Gasteiger partial charge in [0, 0.05) is 9.92 Å². The number of nitrogens with one attached hydrogen (secondary N) is 1. The van der Waals surface area contributed by atoms with Crippen LogP contribution in [0.15, 0.2) is 79.6 Å².